The smallest absolute Gasteiger partial charge is 0.221 e. The van der Waals surface area contributed by atoms with Crippen LogP contribution < -0.4 is 11.5 Å². The van der Waals surface area contributed by atoms with Crippen molar-refractivity contribution in [2.75, 3.05) is 19.6 Å². The summed E-state index contributed by atoms with van der Waals surface area (Å²) in [4.78, 5) is 13.4. The molecule has 0 saturated carbocycles. The van der Waals surface area contributed by atoms with E-state index in [0.29, 0.717) is 13.1 Å². The maximum absolute atomic E-state index is 13.3. The van der Waals surface area contributed by atoms with Crippen molar-refractivity contribution in [1.82, 2.24) is 4.90 Å². The van der Waals surface area contributed by atoms with Crippen LogP contribution in [0.15, 0.2) is 24.3 Å². The van der Waals surface area contributed by atoms with Gasteiger partial charge in [-0.25, -0.2) is 4.39 Å². The minimum Gasteiger partial charge on any atom is -0.369 e. The molecule has 1 aliphatic heterocycles. The molecule has 19 heavy (non-hydrogen) atoms. The first-order chi connectivity index (χ1) is 9.11. The van der Waals surface area contributed by atoms with E-state index in [2.05, 4.69) is 4.90 Å². The summed E-state index contributed by atoms with van der Waals surface area (Å²) in [5, 5.41) is 0. The fourth-order valence-corrected chi connectivity index (χ4v) is 2.73. The molecule has 0 aliphatic carbocycles. The fraction of sp³-hybridized carbons (Fsp3) is 0.500. The number of likely N-dealkylation sites (tertiary alicyclic amines) is 1. The number of halogens is 1. The second-order valence-corrected chi connectivity index (χ2v) is 5.04. The van der Waals surface area contributed by atoms with Gasteiger partial charge in [-0.15, -0.1) is 0 Å². The molecule has 0 bridgehead atoms. The van der Waals surface area contributed by atoms with Crippen LogP contribution >= 0.6 is 0 Å². The van der Waals surface area contributed by atoms with Crippen molar-refractivity contribution in [3.05, 3.63) is 35.6 Å². The minimum absolute atomic E-state index is 0.0575. The Morgan fingerprint density at radius 2 is 2.32 bits per heavy atom. The Bertz CT molecular complexity index is 452. The van der Waals surface area contributed by atoms with Gasteiger partial charge in [0.2, 0.25) is 5.91 Å². The predicted molar refractivity (Wildman–Crippen MR) is 71.7 cm³/mol. The Labute approximate surface area is 112 Å². The Kier molecular flexibility index (Phi) is 4.50. The lowest BCUT2D eigenvalue weighted by Gasteiger charge is -2.37. The van der Waals surface area contributed by atoms with Crippen LogP contribution in [0.5, 0.6) is 0 Å². The van der Waals surface area contributed by atoms with E-state index in [1.54, 1.807) is 6.07 Å². The molecule has 2 rings (SSSR count). The zero-order chi connectivity index (χ0) is 13.8. The van der Waals surface area contributed by atoms with Crippen LogP contribution in [0, 0.1) is 11.7 Å². The van der Waals surface area contributed by atoms with Crippen LogP contribution in [-0.2, 0) is 4.79 Å². The Morgan fingerprint density at radius 1 is 1.53 bits per heavy atom. The molecule has 1 heterocycles. The van der Waals surface area contributed by atoms with E-state index in [0.717, 1.165) is 24.9 Å². The number of nitrogens with two attached hydrogens (primary N) is 2. The normalized spacial score (nSPS) is 22.1. The lowest BCUT2D eigenvalue weighted by atomic mass is 9.94. The number of hydrogen-bond donors (Lipinski definition) is 2. The first-order valence-electron chi connectivity index (χ1n) is 6.60. The summed E-state index contributed by atoms with van der Waals surface area (Å²) in [7, 11) is 0. The third-order valence-electron chi connectivity index (χ3n) is 3.75. The summed E-state index contributed by atoms with van der Waals surface area (Å²) in [6, 6.07) is 6.42. The number of nitrogens with zero attached hydrogens (tertiary/aromatic N) is 1. The molecule has 1 amide bonds. The molecule has 104 valence electrons. The first kappa shape index (κ1) is 14.0. The highest BCUT2D eigenvalue weighted by atomic mass is 19.1. The molecule has 0 radical (unpaired) electrons. The van der Waals surface area contributed by atoms with Crippen LogP contribution in [0.25, 0.3) is 0 Å². The van der Waals surface area contributed by atoms with Crippen molar-refractivity contribution in [2.24, 2.45) is 17.4 Å². The molecule has 1 aromatic rings. The van der Waals surface area contributed by atoms with E-state index in [-0.39, 0.29) is 23.7 Å². The third-order valence-corrected chi connectivity index (χ3v) is 3.75. The highest BCUT2D eigenvalue weighted by Gasteiger charge is 2.28. The quantitative estimate of drug-likeness (QED) is 0.854. The Hall–Kier alpha value is -1.46. The fourth-order valence-electron chi connectivity index (χ4n) is 2.73. The maximum atomic E-state index is 13.3. The van der Waals surface area contributed by atoms with Gasteiger partial charge in [0.1, 0.15) is 5.82 Å². The van der Waals surface area contributed by atoms with Crippen LogP contribution in [-0.4, -0.2) is 30.4 Å². The lowest BCUT2D eigenvalue weighted by Crippen LogP contribution is -2.44. The maximum Gasteiger partial charge on any atom is 0.221 e. The van der Waals surface area contributed by atoms with Crippen LogP contribution in [0.1, 0.15) is 24.4 Å². The van der Waals surface area contributed by atoms with Gasteiger partial charge in [0.05, 0.1) is 5.92 Å². The van der Waals surface area contributed by atoms with E-state index in [1.165, 1.54) is 12.1 Å². The number of amides is 1. The van der Waals surface area contributed by atoms with Crippen LogP contribution in [0.2, 0.25) is 0 Å². The molecule has 1 aliphatic rings. The molecule has 2 atom stereocenters. The summed E-state index contributed by atoms with van der Waals surface area (Å²) in [6.45, 7) is 1.87. The Morgan fingerprint density at radius 3 is 2.95 bits per heavy atom. The summed E-state index contributed by atoms with van der Waals surface area (Å²) < 4.78 is 13.3. The monoisotopic (exact) mass is 265 g/mol. The van der Waals surface area contributed by atoms with Crippen molar-refractivity contribution in [2.45, 2.75) is 18.9 Å². The Balaban J connectivity index is 2.15. The van der Waals surface area contributed by atoms with E-state index >= 15 is 0 Å². The van der Waals surface area contributed by atoms with Gasteiger partial charge in [-0.1, -0.05) is 12.1 Å². The molecule has 0 aromatic heterocycles. The van der Waals surface area contributed by atoms with Gasteiger partial charge in [0.15, 0.2) is 0 Å². The predicted octanol–water partition coefficient (Wildman–Crippen LogP) is 1.02. The molecule has 1 fully saturated rings. The molecule has 2 unspecified atom stereocenters. The number of primary amides is 1. The molecule has 1 aromatic carbocycles. The van der Waals surface area contributed by atoms with Crippen molar-refractivity contribution in [3.63, 3.8) is 0 Å². The largest absolute Gasteiger partial charge is 0.369 e. The first-order valence-corrected chi connectivity index (χ1v) is 6.60. The summed E-state index contributed by atoms with van der Waals surface area (Å²) in [6.07, 6.45) is 1.74. The van der Waals surface area contributed by atoms with Crippen molar-refractivity contribution >= 4 is 5.91 Å². The minimum atomic E-state index is -0.264. The zero-order valence-electron chi connectivity index (χ0n) is 10.9. The molecular weight excluding hydrogens is 245 g/mol. The topological polar surface area (TPSA) is 72.3 Å². The number of rotatable bonds is 4. The third kappa shape index (κ3) is 3.30. The molecule has 5 heteroatoms. The van der Waals surface area contributed by atoms with Crippen molar-refractivity contribution in [3.8, 4) is 0 Å². The van der Waals surface area contributed by atoms with Gasteiger partial charge in [0.25, 0.3) is 0 Å². The van der Waals surface area contributed by atoms with Crippen LogP contribution in [0.4, 0.5) is 4.39 Å². The summed E-state index contributed by atoms with van der Waals surface area (Å²) in [5.41, 5.74) is 12.1. The van der Waals surface area contributed by atoms with E-state index in [4.69, 9.17) is 11.5 Å². The molecule has 1 saturated heterocycles. The SMILES string of the molecule is NCC(c1cccc(F)c1)N1CCCC(C(N)=O)C1. The molecule has 4 N–H and O–H groups in total. The number of carbonyl (C=O) groups excluding carboxylic acids is 1. The number of hydrogen-bond acceptors (Lipinski definition) is 3. The summed E-state index contributed by atoms with van der Waals surface area (Å²) in [5.74, 6) is -0.657. The number of carbonyl (C=O) groups is 1. The molecule has 0 spiro atoms. The summed E-state index contributed by atoms with van der Waals surface area (Å²) >= 11 is 0. The average Bonchev–Trinajstić information content (AvgIpc) is 2.40. The van der Waals surface area contributed by atoms with E-state index < -0.39 is 0 Å². The highest BCUT2D eigenvalue weighted by Crippen LogP contribution is 2.26. The van der Waals surface area contributed by atoms with Gasteiger partial charge in [-0.05, 0) is 37.1 Å². The van der Waals surface area contributed by atoms with Gasteiger partial charge in [0, 0.05) is 19.1 Å². The van der Waals surface area contributed by atoms with Gasteiger partial charge < -0.3 is 11.5 Å². The van der Waals surface area contributed by atoms with Crippen molar-refractivity contribution in [1.29, 1.82) is 0 Å². The highest BCUT2D eigenvalue weighted by molar-refractivity contribution is 5.76. The van der Waals surface area contributed by atoms with Gasteiger partial charge in [-0.3, -0.25) is 9.69 Å². The lowest BCUT2D eigenvalue weighted by molar-refractivity contribution is -0.123. The van der Waals surface area contributed by atoms with Crippen molar-refractivity contribution < 1.29 is 9.18 Å². The second-order valence-electron chi connectivity index (χ2n) is 5.04. The molecule has 4 nitrogen and oxygen atoms in total. The second kappa shape index (κ2) is 6.12. The van der Waals surface area contributed by atoms with E-state index in [9.17, 15) is 9.18 Å². The number of benzene rings is 1. The molecular formula is C14H20FN3O. The van der Waals surface area contributed by atoms with E-state index in [1.807, 2.05) is 6.07 Å². The standard InChI is InChI=1S/C14H20FN3O/c15-12-5-1-3-10(7-12)13(8-16)18-6-2-4-11(9-18)14(17)19/h1,3,5,7,11,13H,2,4,6,8-9,16H2,(H2,17,19). The van der Waals surface area contributed by atoms with Gasteiger partial charge in [-0.2, -0.15) is 0 Å². The van der Waals surface area contributed by atoms with Crippen LogP contribution in [0.3, 0.4) is 0 Å². The zero-order valence-corrected chi connectivity index (χ0v) is 10.9. The average molecular weight is 265 g/mol. The number of piperidine rings is 1. The van der Waals surface area contributed by atoms with Gasteiger partial charge >= 0.3 is 0 Å².